The first-order valence-electron chi connectivity index (χ1n) is 11.4. The van der Waals surface area contributed by atoms with Crippen molar-refractivity contribution in [2.24, 2.45) is 22.7 Å². The fourth-order valence-electron chi connectivity index (χ4n) is 7.32. The number of phenols is 1. The average Bonchev–Trinajstić information content (AvgIpc) is 2.68. The predicted octanol–water partition coefficient (Wildman–Crippen LogP) is 3.85. The Hall–Kier alpha value is -1.79. The van der Waals surface area contributed by atoms with Crippen LogP contribution >= 0.6 is 0 Å². The van der Waals surface area contributed by atoms with E-state index in [0.717, 1.165) is 31.2 Å². The fourth-order valence-corrected chi connectivity index (χ4v) is 7.32. The monoisotopic (exact) mass is 432 g/mol. The predicted molar refractivity (Wildman–Crippen MR) is 116 cm³/mol. The first kappa shape index (κ1) is 22.4. The highest BCUT2D eigenvalue weighted by Crippen LogP contribution is 2.65. The van der Waals surface area contributed by atoms with Gasteiger partial charge in [0.2, 0.25) is 0 Å². The molecule has 1 aromatic carbocycles. The number of aliphatic hydroxyl groups is 2. The normalized spacial score (nSPS) is 35.9. The minimum Gasteiger partial charge on any atom is -0.508 e. The summed E-state index contributed by atoms with van der Waals surface area (Å²) in [5.74, 6) is 0.981. The van der Waals surface area contributed by atoms with Gasteiger partial charge in [-0.1, -0.05) is 20.8 Å². The molecule has 2 fully saturated rings. The van der Waals surface area contributed by atoms with Gasteiger partial charge in [-0.25, -0.2) is 0 Å². The third kappa shape index (κ3) is 3.25. The molecule has 3 aliphatic rings. The standard InChI is InChI=1S/C25H36O6/c1-14(28)30-21-7-8-24(4)19(23(21,2)3)6-9-25(5)20(24)11-16-18(29)10-15(12-26)17(13-27)22(16)31-25/h10,19-21,26-27,29H,6-9,11-13H2,1-5H3. The maximum Gasteiger partial charge on any atom is 0.302 e. The lowest BCUT2D eigenvalue weighted by Crippen LogP contribution is -2.64. The maximum atomic E-state index is 11.7. The van der Waals surface area contributed by atoms with Crippen LogP contribution in [0.1, 0.15) is 77.0 Å². The quantitative estimate of drug-likeness (QED) is 0.628. The Morgan fingerprint density at radius 1 is 1.13 bits per heavy atom. The van der Waals surface area contributed by atoms with Crippen molar-refractivity contribution < 1.29 is 29.6 Å². The largest absolute Gasteiger partial charge is 0.508 e. The van der Waals surface area contributed by atoms with Gasteiger partial charge >= 0.3 is 5.97 Å². The summed E-state index contributed by atoms with van der Waals surface area (Å²) in [4.78, 5) is 11.7. The van der Waals surface area contributed by atoms with E-state index in [0.29, 0.717) is 29.2 Å². The molecule has 1 heterocycles. The Labute approximate surface area is 184 Å². The molecule has 0 saturated heterocycles. The summed E-state index contributed by atoms with van der Waals surface area (Å²) in [5.41, 5.74) is 1.19. The van der Waals surface area contributed by atoms with Gasteiger partial charge in [-0.3, -0.25) is 4.79 Å². The first-order chi connectivity index (χ1) is 14.5. The van der Waals surface area contributed by atoms with Crippen LogP contribution in [-0.4, -0.2) is 33.0 Å². The second kappa shape index (κ2) is 7.38. The van der Waals surface area contributed by atoms with Crippen molar-refractivity contribution in [2.75, 3.05) is 0 Å². The molecule has 1 aliphatic heterocycles. The molecule has 6 heteroatoms. The van der Waals surface area contributed by atoms with Crippen molar-refractivity contribution in [3.63, 3.8) is 0 Å². The Kier molecular flexibility index (Phi) is 5.33. The van der Waals surface area contributed by atoms with E-state index >= 15 is 0 Å². The molecule has 172 valence electrons. The number of fused-ring (bicyclic) bond motifs is 4. The van der Waals surface area contributed by atoms with Crippen LogP contribution in [0.3, 0.4) is 0 Å². The summed E-state index contributed by atoms with van der Waals surface area (Å²) in [6.07, 6.45) is 4.13. The van der Waals surface area contributed by atoms with Crippen molar-refractivity contribution in [1.82, 2.24) is 0 Å². The highest BCUT2D eigenvalue weighted by atomic mass is 16.5. The highest BCUT2D eigenvalue weighted by Gasteiger charge is 2.63. The number of hydrogen-bond donors (Lipinski definition) is 3. The summed E-state index contributed by atoms with van der Waals surface area (Å²) in [6.45, 7) is 9.91. The number of carbonyl (C=O) groups is 1. The van der Waals surface area contributed by atoms with E-state index in [4.69, 9.17) is 9.47 Å². The van der Waals surface area contributed by atoms with Crippen LogP contribution in [0.25, 0.3) is 0 Å². The van der Waals surface area contributed by atoms with E-state index in [1.54, 1.807) is 6.07 Å². The van der Waals surface area contributed by atoms with E-state index in [1.165, 1.54) is 6.92 Å². The molecule has 3 N–H and O–H groups in total. The number of phenolic OH excluding ortho intramolecular Hbond substituents is 1. The van der Waals surface area contributed by atoms with Gasteiger partial charge in [0.15, 0.2) is 0 Å². The average molecular weight is 433 g/mol. The number of benzene rings is 1. The van der Waals surface area contributed by atoms with Crippen LogP contribution in [0.2, 0.25) is 0 Å². The van der Waals surface area contributed by atoms with E-state index in [2.05, 4.69) is 27.7 Å². The minimum atomic E-state index is -0.424. The number of rotatable bonds is 3. The van der Waals surface area contributed by atoms with Crippen molar-refractivity contribution in [3.05, 3.63) is 22.8 Å². The zero-order valence-corrected chi connectivity index (χ0v) is 19.3. The second-order valence-corrected chi connectivity index (χ2v) is 10.9. The van der Waals surface area contributed by atoms with Gasteiger partial charge in [0.05, 0.1) is 13.2 Å². The Morgan fingerprint density at radius 2 is 1.84 bits per heavy atom. The smallest absolute Gasteiger partial charge is 0.302 e. The van der Waals surface area contributed by atoms with Crippen molar-refractivity contribution in [2.45, 2.75) is 91.6 Å². The van der Waals surface area contributed by atoms with Crippen LogP contribution in [0.4, 0.5) is 0 Å². The molecule has 0 radical (unpaired) electrons. The van der Waals surface area contributed by atoms with Gasteiger partial charge in [0.25, 0.3) is 0 Å². The van der Waals surface area contributed by atoms with Gasteiger partial charge < -0.3 is 24.8 Å². The molecule has 6 nitrogen and oxygen atoms in total. The molecule has 5 atom stereocenters. The SMILES string of the molecule is CC(=O)OC1CCC2(C)C3Cc4c(O)cc(CO)c(CO)c4OC3(C)CCC2C1(C)C. The van der Waals surface area contributed by atoms with Crippen molar-refractivity contribution in [1.29, 1.82) is 0 Å². The topological polar surface area (TPSA) is 96.2 Å². The minimum absolute atomic E-state index is 0.0354. The summed E-state index contributed by atoms with van der Waals surface area (Å²) in [6, 6.07) is 1.56. The van der Waals surface area contributed by atoms with E-state index in [-0.39, 0.29) is 47.8 Å². The molecular formula is C25H36O6. The molecule has 0 spiro atoms. The Bertz CT molecular complexity index is 892. The molecule has 2 saturated carbocycles. The third-order valence-corrected chi connectivity index (χ3v) is 8.87. The number of carbonyl (C=O) groups excluding carboxylic acids is 1. The zero-order chi connectivity index (χ0) is 22.8. The number of esters is 1. The second-order valence-electron chi connectivity index (χ2n) is 10.9. The maximum absolute atomic E-state index is 11.7. The Balaban J connectivity index is 1.76. The highest BCUT2D eigenvalue weighted by molar-refractivity contribution is 5.66. The van der Waals surface area contributed by atoms with Gasteiger partial charge in [-0.05, 0) is 62.0 Å². The van der Waals surface area contributed by atoms with E-state index < -0.39 is 5.60 Å². The molecule has 31 heavy (non-hydrogen) atoms. The summed E-state index contributed by atoms with van der Waals surface area (Å²) in [7, 11) is 0. The van der Waals surface area contributed by atoms with Crippen molar-refractivity contribution >= 4 is 5.97 Å². The molecular weight excluding hydrogens is 396 g/mol. The van der Waals surface area contributed by atoms with E-state index in [9.17, 15) is 20.1 Å². The summed E-state index contributed by atoms with van der Waals surface area (Å²) in [5, 5.41) is 30.4. The molecule has 4 rings (SSSR count). The lowest BCUT2D eigenvalue weighted by atomic mass is 9.44. The number of hydrogen-bond acceptors (Lipinski definition) is 6. The summed E-state index contributed by atoms with van der Waals surface area (Å²) >= 11 is 0. The zero-order valence-electron chi connectivity index (χ0n) is 19.3. The van der Waals surface area contributed by atoms with Gasteiger partial charge in [-0.15, -0.1) is 0 Å². The molecule has 0 bridgehead atoms. The van der Waals surface area contributed by atoms with Gasteiger partial charge in [0, 0.05) is 29.4 Å². The number of ether oxygens (including phenoxy) is 2. The summed E-state index contributed by atoms with van der Waals surface area (Å²) < 4.78 is 12.4. The van der Waals surface area contributed by atoms with Gasteiger partial charge in [-0.2, -0.15) is 0 Å². The van der Waals surface area contributed by atoms with Crippen LogP contribution in [0.5, 0.6) is 11.5 Å². The van der Waals surface area contributed by atoms with Crippen LogP contribution in [0, 0.1) is 22.7 Å². The van der Waals surface area contributed by atoms with Crippen LogP contribution < -0.4 is 4.74 Å². The number of aromatic hydroxyl groups is 1. The molecule has 0 aromatic heterocycles. The fraction of sp³-hybridized carbons (Fsp3) is 0.720. The lowest BCUT2D eigenvalue weighted by Gasteiger charge is -2.64. The molecule has 5 unspecified atom stereocenters. The van der Waals surface area contributed by atoms with Crippen LogP contribution in [0.15, 0.2) is 6.07 Å². The van der Waals surface area contributed by atoms with E-state index in [1.807, 2.05) is 0 Å². The molecule has 1 aromatic rings. The first-order valence-corrected chi connectivity index (χ1v) is 11.4. The lowest BCUT2D eigenvalue weighted by molar-refractivity contribution is -0.204. The van der Waals surface area contributed by atoms with Gasteiger partial charge in [0.1, 0.15) is 23.2 Å². The molecule has 0 amide bonds. The molecule has 2 aliphatic carbocycles. The Morgan fingerprint density at radius 3 is 2.45 bits per heavy atom. The third-order valence-electron chi connectivity index (χ3n) is 8.87. The number of aliphatic hydroxyl groups excluding tert-OH is 2. The van der Waals surface area contributed by atoms with Crippen molar-refractivity contribution in [3.8, 4) is 11.5 Å². The van der Waals surface area contributed by atoms with Crippen LogP contribution in [-0.2, 0) is 29.2 Å².